The Labute approximate surface area is 140 Å². The molecule has 1 N–H and O–H groups in total. The molecule has 1 aliphatic rings. The maximum Gasteiger partial charge on any atom is 0.101 e. The average molecular weight is 415 g/mol. The number of nitrogens with one attached hydrogen (secondary N) is 1. The number of hydrogen-bond donors (Lipinski definition) is 1. The molecule has 1 atom stereocenters. The van der Waals surface area contributed by atoms with Gasteiger partial charge in [-0.1, -0.05) is 11.6 Å². The number of thiophene rings is 1. The zero-order valence-corrected chi connectivity index (χ0v) is 14.3. The standard InChI is InChI=1S/C15H12ClIN2S/c16-10-5-4-9(8-18)13(6-10)19-12-2-1-3-14-11(12)7-15(17)20-14/h4-7,12,19H,1-3H2. The van der Waals surface area contributed by atoms with Crippen molar-refractivity contribution in [3.05, 3.63) is 48.2 Å². The Morgan fingerprint density at radius 2 is 2.25 bits per heavy atom. The fourth-order valence-electron chi connectivity index (χ4n) is 2.59. The fourth-order valence-corrected chi connectivity index (χ4v) is 4.88. The van der Waals surface area contributed by atoms with Crippen LogP contribution in [0.1, 0.15) is 34.9 Å². The van der Waals surface area contributed by atoms with E-state index in [4.69, 9.17) is 11.6 Å². The summed E-state index contributed by atoms with van der Waals surface area (Å²) < 4.78 is 1.33. The number of nitrogens with zero attached hydrogens (tertiary/aromatic N) is 1. The van der Waals surface area contributed by atoms with Crippen LogP contribution in [0.15, 0.2) is 24.3 Å². The second-order valence-corrected chi connectivity index (χ2v) is 8.29. The molecule has 0 amide bonds. The van der Waals surface area contributed by atoms with Crippen molar-refractivity contribution in [2.75, 3.05) is 5.32 Å². The maximum atomic E-state index is 9.21. The number of benzene rings is 1. The van der Waals surface area contributed by atoms with Gasteiger partial charge in [-0.25, -0.2) is 0 Å². The highest BCUT2D eigenvalue weighted by Crippen LogP contribution is 2.38. The molecule has 0 saturated heterocycles. The summed E-state index contributed by atoms with van der Waals surface area (Å²) in [5, 5.41) is 13.4. The number of halogens is 2. The van der Waals surface area contributed by atoms with Crippen LogP contribution in [0, 0.1) is 14.2 Å². The van der Waals surface area contributed by atoms with E-state index in [0.717, 1.165) is 12.1 Å². The lowest BCUT2D eigenvalue weighted by atomic mass is 9.93. The van der Waals surface area contributed by atoms with Crippen LogP contribution < -0.4 is 5.32 Å². The first kappa shape index (κ1) is 14.2. The Hall–Kier alpha value is -0.770. The molecule has 2 aromatic rings. The predicted octanol–water partition coefficient (Wildman–Crippen LogP) is 5.37. The molecule has 5 heteroatoms. The normalized spacial score (nSPS) is 17.4. The zero-order valence-electron chi connectivity index (χ0n) is 10.6. The Balaban J connectivity index is 1.93. The van der Waals surface area contributed by atoms with Gasteiger partial charge < -0.3 is 5.32 Å². The van der Waals surface area contributed by atoms with E-state index in [-0.39, 0.29) is 6.04 Å². The van der Waals surface area contributed by atoms with E-state index >= 15 is 0 Å². The van der Waals surface area contributed by atoms with Gasteiger partial charge in [-0.15, -0.1) is 11.3 Å². The first-order chi connectivity index (χ1) is 9.67. The summed E-state index contributed by atoms with van der Waals surface area (Å²) in [6.45, 7) is 0. The molecule has 3 rings (SSSR count). The highest BCUT2D eigenvalue weighted by atomic mass is 127. The van der Waals surface area contributed by atoms with Gasteiger partial charge in [0.1, 0.15) is 6.07 Å². The second-order valence-electron chi connectivity index (χ2n) is 4.82. The van der Waals surface area contributed by atoms with Crippen LogP contribution in [0.3, 0.4) is 0 Å². The van der Waals surface area contributed by atoms with Gasteiger partial charge in [0, 0.05) is 9.90 Å². The number of hydrogen-bond acceptors (Lipinski definition) is 3. The third-order valence-electron chi connectivity index (χ3n) is 3.52. The Kier molecular flexibility index (Phi) is 4.20. The van der Waals surface area contributed by atoms with Gasteiger partial charge in [0.15, 0.2) is 0 Å². The number of fused-ring (bicyclic) bond motifs is 1. The third kappa shape index (κ3) is 2.80. The van der Waals surface area contributed by atoms with Crippen molar-refractivity contribution in [3.8, 4) is 6.07 Å². The predicted molar refractivity (Wildman–Crippen MR) is 92.5 cm³/mol. The van der Waals surface area contributed by atoms with Crippen molar-refractivity contribution in [2.24, 2.45) is 0 Å². The topological polar surface area (TPSA) is 35.8 Å². The largest absolute Gasteiger partial charge is 0.377 e. The van der Waals surface area contributed by atoms with Gasteiger partial charge in [0.25, 0.3) is 0 Å². The number of aryl methyl sites for hydroxylation is 1. The molecule has 1 aromatic carbocycles. The molecule has 0 spiro atoms. The van der Waals surface area contributed by atoms with Crippen molar-refractivity contribution in [3.63, 3.8) is 0 Å². The lowest BCUT2D eigenvalue weighted by Gasteiger charge is -2.25. The Morgan fingerprint density at radius 1 is 1.40 bits per heavy atom. The van der Waals surface area contributed by atoms with Gasteiger partial charge in [0.05, 0.1) is 20.2 Å². The lowest BCUT2D eigenvalue weighted by Crippen LogP contribution is -2.16. The molecule has 0 aliphatic heterocycles. The zero-order chi connectivity index (χ0) is 14.1. The summed E-state index contributed by atoms with van der Waals surface area (Å²) in [6, 6.07) is 10.1. The van der Waals surface area contributed by atoms with Gasteiger partial charge in [-0.05, 0) is 71.7 Å². The first-order valence-corrected chi connectivity index (χ1v) is 8.69. The summed E-state index contributed by atoms with van der Waals surface area (Å²) in [5.74, 6) is 0. The summed E-state index contributed by atoms with van der Waals surface area (Å²) >= 11 is 10.3. The summed E-state index contributed by atoms with van der Waals surface area (Å²) in [5.41, 5.74) is 2.86. The van der Waals surface area contributed by atoms with Crippen LogP contribution in [-0.2, 0) is 6.42 Å². The van der Waals surface area contributed by atoms with Crippen LogP contribution >= 0.6 is 45.5 Å². The maximum absolute atomic E-state index is 9.21. The Morgan fingerprint density at radius 3 is 3.05 bits per heavy atom. The smallest absolute Gasteiger partial charge is 0.101 e. The van der Waals surface area contributed by atoms with E-state index in [0.29, 0.717) is 10.6 Å². The molecule has 1 unspecified atom stereocenters. The van der Waals surface area contributed by atoms with Gasteiger partial charge in [-0.3, -0.25) is 0 Å². The quantitative estimate of drug-likeness (QED) is 0.671. The third-order valence-corrected chi connectivity index (χ3v) is 5.72. The van der Waals surface area contributed by atoms with E-state index in [9.17, 15) is 5.26 Å². The highest BCUT2D eigenvalue weighted by molar-refractivity contribution is 14.1. The van der Waals surface area contributed by atoms with Crippen molar-refractivity contribution in [1.82, 2.24) is 0 Å². The molecule has 0 radical (unpaired) electrons. The molecule has 0 saturated carbocycles. The number of nitriles is 1. The van der Waals surface area contributed by atoms with Gasteiger partial charge in [0.2, 0.25) is 0 Å². The molecule has 102 valence electrons. The van der Waals surface area contributed by atoms with E-state index in [1.165, 1.54) is 26.2 Å². The van der Waals surface area contributed by atoms with Crippen molar-refractivity contribution < 1.29 is 0 Å². The summed E-state index contributed by atoms with van der Waals surface area (Å²) in [6.07, 6.45) is 3.45. The van der Waals surface area contributed by atoms with Crippen molar-refractivity contribution in [1.29, 1.82) is 5.26 Å². The second kappa shape index (κ2) is 5.92. The molecular formula is C15H12ClIN2S. The van der Waals surface area contributed by atoms with Crippen LogP contribution in [0.25, 0.3) is 0 Å². The highest BCUT2D eigenvalue weighted by Gasteiger charge is 2.23. The van der Waals surface area contributed by atoms with Crippen LogP contribution in [-0.4, -0.2) is 0 Å². The number of rotatable bonds is 2. The molecule has 20 heavy (non-hydrogen) atoms. The van der Waals surface area contributed by atoms with E-state index in [1.54, 1.807) is 12.1 Å². The minimum Gasteiger partial charge on any atom is -0.377 e. The molecule has 0 bridgehead atoms. The summed E-state index contributed by atoms with van der Waals surface area (Å²) in [4.78, 5) is 1.47. The minimum atomic E-state index is 0.282. The van der Waals surface area contributed by atoms with E-state index in [2.05, 4.69) is 40.0 Å². The fraction of sp³-hybridized carbons (Fsp3) is 0.267. The van der Waals surface area contributed by atoms with E-state index in [1.807, 2.05) is 17.4 Å². The molecule has 2 nitrogen and oxygen atoms in total. The minimum absolute atomic E-state index is 0.282. The SMILES string of the molecule is N#Cc1ccc(Cl)cc1NC1CCCc2sc(I)cc21. The monoisotopic (exact) mass is 414 g/mol. The molecule has 1 aromatic heterocycles. The van der Waals surface area contributed by atoms with Crippen molar-refractivity contribution in [2.45, 2.75) is 25.3 Å². The van der Waals surface area contributed by atoms with Crippen LogP contribution in [0.2, 0.25) is 5.02 Å². The average Bonchev–Trinajstić information content (AvgIpc) is 2.80. The molecule has 0 fully saturated rings. The van der Waals surface area contributed by atoms with E-state index < -0.39 is 0 Å². The number of anilines is 1. The first-order valence-electron chi connectivity index (χ1n) is 6.41. The molecule has 1 aliphatic carbocycles. The lowest BCUT2D eigenvalue weighted by molar-refractivity contribution is 0.608. The molecular weight excluding hydrogens is 403 g/mol. The Bertz CT molecular complexity index is 690. The van der Waals surface area contributed by atoms with Gasteiger partial charge in [-0.2, -0.15) is 5.26 Å². The van der Waals surface area contributed by atoms with Crippen LogP contribution in [0.4, 0.5) is 5.69 Å². The van der Waals surface area contributed by atoms with Gasteiger partial charge >= 0.3 is 0 Å². The van der Waals surface area contributed by atoms with Crippen LogP contribution in [0.5, 0.6) is 0 Å². The molecule has 1 heterocycles. The summed E-state index contributed by atoms with van der Waals surface area (Å²) in [7, 11) is 0. The van der Waals surface area contributed by atoms with Crippen molar-refractivity contribution >= 4 is 51.2 Å².